The number of nitrogens with zero attached hydrogens (tertiary/aromatic N) is 4. The van der Waals surface area contributed by atoms with Gasteiger partial charge >= 0.3 is 0 Å². The Morgan fingerprint density at radius 1 is 0.857 bits per heavy atom. The first-order chi connectivity index (χ1) is 13.2. The van der Waals surface area contributed by atoms with Crippen molar-refractivity contribution < 1.29 is 19.2 Å². The van der Waals surface area contributed by atoms with Crippen LogP contribution < -0.4 is 0 Å². The minimum atomic E-state index is -1.01. The fraction of sp³-hybridized carbons (Fsp3) is 0.800. The summed E-state index contributed by atoms with van der Waals surface area (Å²) in [5, 5.41) is 0. The molecular formula is C20H26N4O4. The summed E-state index contributed by atoms with van der Waals surface area (Å²) in [5.74, 6) is -0.236. The Bertz CT molecular complexity index is 801. The molecule has 0 aromatic rings. The van der Waals surface area contributed by atoms with Crippen molar-refractivity contribution in [1.82, 2.24) is 0 Å². The van der Waals surface area contributed by atoms with Crippen LogP contribution in [0.1, 0.15) is 59.3 Å². The van der Waals surface area contributed by atoms with Crippen LogP contribution in [0.25, 0.3) is 0 Å². The second-order valence-electron chi connectivity index (χ2n) is 9.30. The first kappa shape index (κ1) is 21.8. The SMILES string of the molecule is CC1(C)CC(C)(CN=C=O)CC(N=C=O)(C2(N=C=O)CCCC2CN=C=O)C1. The molecule has 8 nitrogen and oxygen atoms in total. The van der Waals surface area contributed by atoms with Crippen LogP contribution >= 0.6 is 0 Å². The quantitative estimate of drug-likeness (QED) is 0.494. The highest BCUT2D eigenvalue weighted by atomic mass is 16.1. The van der Waals surface area contributed by atoms with Crippen LogP contribution in [0.5, 0.6) is 0 Å². The lowest BCUT2D eigenvalue weighted by atomic mass is 9.51. The molecule has 2 saturated carbocycles. The maximum Gasteiger partial charge on any atom is 0.235 e. The predicted molar refractivity (Wildman–Crippen MR) is 101 cm³/mol. The Morgan fingerprint density at radius 3 is 2.14 bits per heavy atom. The summed E-state index contributed by atoms with van der Waals surface area (Å²) in [7, 11) is 0. The van der Waals surface area contributed by atoms with Gasteiger partial charge in [0.2, 0.25) is 24.3 Å². The predicted octanol–water partition coefficient (Wildman–Crippen LogP) is 2.82. The summed E-state index contributed by atoms with van der Waals surface area (Å²) in [5.41, 5.74) is -2.71. The summed E-state index contributed by atoms with van der Waals surface area (Å²) in [4.78, 5) is 60.5. The van der Waals surface area contributed by atoms with Crippen LogP contribution in [-0.2, 0) is 19.2 Å². The van der Waals surface area contributed by atoms with Crippen molar-refractivity contribution in [2.75, 3.05) is 13.1 Å². The Morgan fingerprint density at radius 2 is 1.54 bits per heavy atom. The molecule has 4 unspecified atom stereocenters. The average Bonchev–Trinajstić information content (AvgIpc) is 3.01. The third-order valence-corrected chi connectivity index (χ3v) is 6.39. The van der Waals surface area contributed by atoms with Gasteiger partial charge in [0.1, 0.15) is 11.1 Å². The van der Waals surface area contributed by atoms with Crippen molar-refractivity contribution in [3.63, 3.8) is 0 Å². The van der Waals surface area contributed by atoms with Gasteiger partial charge in [0.15, 0.2) is 0 Å². The zero-order chi connectivity index (χ0) is 20.9. The van der Waals surface area contributed by atoms with Gasteiger partial charge in [-0.05, 0) is 42.9 Å². The lowest BCUT2D eigenvalue weighted by molar-refractivity contribution is -0.00674. The van der Waals surface area contributed by atoms with Gasteiger partial charge in [-0.15, -0.1) is 0 Å². The molecule has 8 heteroatoms. The van der Waals surface area contributed by atoms with Crippen LogP contribution in [0.2, 0.25) is 0 Å². The molecule has 0 bridgehead atoms. The highest BCUT2D eigenvalue weighted by molar-refractivity contribution is 5.42. The Kier molecular flexibility index (Phi) is 6.44. The molecule has 0 aromatic heterocycles. The van der Waals surface area contributed by atoms with E-state index in [1.807, 2.05) is 6.92 Å². The summed E-state index contributed by atoms with van der Waals surface area (Å²) < 4.78 is 0. The molecule has 0 heterocycles. The third-order valence-electron chi connectivity index (χ3n) is 6.39. The molecule has 0 N–H and O–H groups in total. The molecule has 0 radical (unpaired) electrons. The van der Waals surface area contributed by atoms with Crippen molar-refractivity contribution in [3.05, 3.63) is 0 Å². The molecule has 2 aliphatic rings. The Labute approximate surface area is 164 Å². The summed E-state index contributed by atoms with van der Waals surface area (Å²) in [6.07, 6.45) is 10.3. The molecule has 0 spiro atoms. The molecule has 0 aromatic carbocycles. The Hall–Kier alpha value is -2.48. The second kappa shape index (κ2) is 8.26. The van der Waals surface area contributed by atoms with E-state index in [0.29, 0.717) is 25.7 Å². The standard InChI is InChI=1S/C20H26N4O4/c1-17(2)8-18(3,11-22-13-26)10-19(9-17,23-14-27)20(24-15-28)6-4-5-16(20)7-21-12-25/h16H,4-11H2,1-3H3. The zero-order valence-corrected chi connectivity index (χ0v) is 16.7. The van der Waals surface area contributed by atoms with Crippen molar-refractivity contribution in [2.45, 2.75) is 70.4 Å². The van der Waals surface area contributed by atoms with Crippen molar-refractivity contribution in [3.8, 4) is 0 Å². The van der Waals surface area contributed by atoms with Crippen LogP contribution in [0.3, 0.4) is 0 Å². The zero-order valence-electron chi connectivity index (χ0n) is 16.7. The smallest absolute Gasteiger partial charge is 0.211 e. The summed E-state index contributed by atoms with van der Waals surface area (Å²) >= 11 is 0. The minimum Gasteiger partial charge on any atom is -0.211 e. The van der Waals surface area contributed by atoms with Crippen LogP contribution in [0.4, 0.5) is 0 Å². The van der Waals surface area contributed by atoms with Gasteiger partial charge in [-0.1, -0.05) is 27.2 Å². The van der Waals surface area contributed by atoms with Gasteiger partial charge < -0.3 is 0 Å². The molecule has 150 valence electrons. The van der Waals surface area contributed by atoms with E-state index in [1.54, 1.807) is 24.3 Å². The van der Waals surface area contributed by atoms with Gasteiger partial charge in [-0.2, -0.15) is 9.98 Å². The highest BCUT2D eigenvalue weighted by Crippen LogP contribution is 2.61. The van der Waals surface area contributed by atoms with E-state index in [-0.39, 0.29) is 24.4 Å². The number of isocyanates is 4. The largest absolute Gasteiger partial charge is 0.235 e. The van der Waals surface area contributed by atoms with Gasteiger partial charge in [-0.25, -0.2) is 29.2 Å². The monoisotopic (exact) mass is 386 g/mol. The average molecular weight is 386 g/mol. The van der Waals surface area contributed by atoms with E-state index < -0.39 is 16.5 Å². The van der Waals surface area contributed by atoms with Gasteiger partial charge in [-0.3, -0.25) is 0 Å². The minimum absolute atomic E-state index is 0.161. The maximum absolute atomic E-state index is 11.5. The van der Waals surface area contributed by atoms with Gasteiger partial charge in [0, 0.05) is 5.92 Å². The summed E-state index contributed by atoms with van der Waals surface area (Å²) in [6, 6.07) is 0. The van der Waals surface area contributed by atoms with E-state index in [1.165, 1.54) is 0 Å². The van der Waals surface area contributed by atoms with E-state index >= 15 is 0 Å². The third kappa shape index (κ3) is 4.01. The number of carbonyl (C=O) groups excluding carboxylic acids is 4. The van der Waals surface area contributed by atoms with Crippen LogP contribution in [0.15, 0.2) is 20.0 Å². The number of aliphatic imine (C=N–C) groups is 4. The lowest BCUT2D eigenvalue weighted by Crippen LogP contribution is -2.61. The topological polar surface area (TPSA) is 118 Å². The van der Waals surface area contributed by atoms with Crippen LogP contribution in [-0.4, -0.2) is 48.5 Å². The first-order valence-corrected chi connectivity index (χ1v) is 9.47. The van der Waals surface area contributed by atoms with E-state index in [0.717, 1.165) is 12.8 Å². The van der Waals surface area contributed by atoms with Crippen molar-refractivity contribution >= 4 is 24.3 Å². The fourth-order valence-electron chi connectivity index (χ4n) is 6.14. The van der Waals surface area contributed by atoms with Crippen LogP contribution in [0, 0.1) is 16.7 Å². The normalized spacial score (nSPS) is 36.2. The number of hydrogen-bond donors (Lipinski definition) is 0. The fourth-order valence-corrected chi connectivity index (χ4v) is 6.14. The summed E-state index contributed by atoms with van der Waals surface area (Å²) in [6.45, 7) is 6.53. The second-order valence-corrected chi connectivity index (χ2v) is 9.30. The molecule has 2 fully saturated rings. The molecule has 28 heavy (non-hydrogen) atoms. The molecular weight excluding hydrogens is 360 g/mol. The lowest BCUT2D eigenvalue weighted by Gasteiger charge is -2.56. The van der Waals surface area contributed by atoms with Crippen molar-refractivity contribution in [1.29, 1.82) is 0 Å². The number of hydrogen-bond acceptors (Lipinski definition) is 8. The van der Waals surface area contributed by atoms with Crippen molar-refractivity contribution in [2.24, 2.45) is 36.7 Å². The number of rotatable bonds is 7. The molecule has 0 saturated heterocycles. The molecule has 0 aliphatic heterocycles. The van der Waals surface area contributed by atoms with E-state index in [4.69, 9.17) is 0 Å². The molecule has 0 amide bonds. The highest BCUT2D eigenvalue weighted by Gasteiger charge is 2.64. The van der Waals surface area contributed by atoms with Gasteiger partial charge in [0.25, 0.3) is 0 Å². The maximum atomic E-state index is 11.5. The van der Waals surface area contributed by atoms with E-state index in [2.05, 4.69) is 33.8 Å². The van der Waals surface area contributed by atoms with Gasteiger partial charge in [0.05, 0.1) is 13.1 Å². The molecule has 4 atom stereocenters. The molecule has 2 rings (SSSR count). The van der Waals surface area contributed by atoms with E-state index in [9.17, 15) is 19.2 Å². The Balaban J connectivity index is 2.69. The molecule has 2 aliphatic carbocycles. The first-order valence-electron chi connectivity index (χ1n) is 9.47.